The molecule has 1 aromatic carbocycles. The smallest absolute Gasteiger partial charge is 0.303 e. The van der Waals surface area contributed by atoms with Crippen molar-refractivity contribution in [2.24, 2.45) is 5.92 Å². The molecule has 1 N–H and O–H groups in total. The minimum atomic E-state index is -0.780. The van der Waals surface area contributed by atoms with Gasteiger partial charge in [0, 0.05) is 22.1 Å². The zero-order chi connectivity index (χ0) is 13.4. The molecule has 1 atom stereocenters. The molecule has 3 rings (SSSR count). The first-order valence-corrected chi connectivity index (χ1v) is 6.77. The quantitative estimate of drug-likeness (QED) is 0.921. The highest BCUT2D eigenvalue weighted by Crippen LogP contribution is 2.48. The highest BCUT2D eigenvalue weighted by atomic mass is 35.5. The van der Waals surface area contributed by atoms with Gasteiger partial charge in [-0.2, -0.15) is 0 Å². The summed E-state index contributed by atoms with van der Waals surface area (Å²) >= 11 is 6.13. The molecule has 0 spiro atoms. The molecule has 1 heterocycles. The molecule has 5 heteroatoms. The molecule has 1 unspecified atom stereocenters. The molecule has 1 aliphatic carbocycles. The molecule has 1 aliphatic heterocycles. The second-order valence-corrected chi connectivity index (χ2v) is 5.57. The Bertz CT molecular complexity index is 510. The van der Waals surface area contributed by atoms with Gasteiger partial charge < -0.3 is 14.6 Å². The van der Waals surface area contributed by atoms with Gasteiger partial charge in [-0.1, -0.05) is 11.6 Å². The number of carboxylic acids is 1. The van der Waals surface area contributed by atoms with Crippen LogP contribution < -0.4 is 4.74 Å². The van der Waals surface area contributed by atoms with Gasteiger partial charge in [-0.25, -0.2) is 0 Å². The van der Waals surface area contributed by atoms with Crippen molar-refractivity contribution in [2.45, 2.75) is 31.8 Å². The van der Waals surface area contributed by atoms with E-state index in [4.69, 9.17) is 26.2 Å². The zero-order valence-electron chi connectivity index (χ0n) is 10.4. The average molecular weight is 283 g/mol. The molecule has 0 bridgehead atoms. The summed E-state index contributed by atoms with van der Waals surface area (Å²) in [6, 6.07) is 3.67. The Morgan fingerprint density at radius 1 is 1.47 bits per heavy atom. The second-order valence-electron chi connectivity index (χ2n) is 5.14. The predicted octanol–water partition coefficient (Wildman–Crippen LogP) is 3.17. The Balaban J connectivity index is 2.01. The Morgan fingerprint density at radius 2 is 2.26 bits per heavy atom. The summed E-state index contributed by atoms with van der Waals surface area (Å²) in [5.41, 5.74) is 1.83. The topological polar surface area (TPSA) is 55.8 Å². The molecule has 0 saturated heterocycles. The minimum absolute atomic E-state index is 0.0111. The van der Waals surface area contributed by atoms with Crippen molar-refractivity contribution >= 4 is 17.6 Å². The van der Waals surface area contributed by atoms with E-state index in [0.717, 1.165) is 29.7 Å². The van der Waals surface area contributed by atoms with E-state index in [-0.39, 0.29) is 19.1 Å². The van der Waals surface area contributed by atoms with Crippen LogP contribution in [0.5, 0.6) is 5.75 Å². The molecule has 19 heavy (non-hydrogen) atoms. The lowest BCUT2D eigenvalue weighted by Gasteiger charge is -2.25. The Kier molecular flexibility index (Phi) is 3.37. The zero-order valence-corrected chi connectivity index (χ0v) is 11.2. The number of fused-ring (bicyclic) bond motifs is 1. The van der Waals surface area contributed by atoms with Gasteiger partial charge >= 0.3 is 5.97 Å². The number of hydrogen-bond donors (Lipinski definition) is 1. The Morgan fingerprint density at radius 3 is 2.95 bits per heavy atom. The fourth-order valence-electron chi connectivity index (χ4n) is 2.70. The highest BCUT2D eigenvalue weighted by Gasteiger charge is 2.36. The first-order valence-electron chi connectivity index (χ1n) is 6.40. The van der Waals surface area contributed by atoms with Crippen molar-refractivity contribution in [2.75, 3.05) is 6.79 Å². The molecule has 1 fully saturated rings. The van der Waals surface area contributed by atoms with E-state index >= 15 is 0 Å². The number of halogens is 1. The molecule has 1 aromatic rings. The van der Waals surface area contributed by atoms with E-state index in [1.54, 1.807) is 0 Å². The van der Waals surface area contributed by atoms with Crippen LogP contribution in [0.2, 0.25) is 5.02 Å². The molecular weight excluding hydrogens is 268 g/mol. The van der Waals surface area contributed by atoms with Gasteiger partial charge in [-0.05, 0) is 30.9 Å². The molecule has 0 amide bonds. The van der Waals surface area contributed by atoms with E-state index < -0.39 is 5.97 Å². The fourth-order valence-corrected chi connectivity index (χ4v) is 2.95. The summed E-state index contributed by atoms with van der Waals surface area (Å²) in [4.78, 5) is 11.1. The molecule has 1 saturated carbocycles. The van der Waals surface area contributed by atoms with Crippen molar-refractivity contribution < 1.29 is 19.4 Å². The standard InChI is InChI=1S/C14H15ClO4/c15-10-3-9-6-18-7-19-14(9)12(4-10)11(5-13(16)17)8-1-2-8/h3-4,8,11H,1-2,5-7H2,(H,16,17). The number of aliphatic carboxylic acids is 1. The molecule has 0 radical (unpaired) electrons. The Labute approximate surface area is 116 Å². The van der Waals surface area contributed by atoms with E-state index in [1.165, 1.54) is 0 Å². The van der Waals surface area contributed by atoms with Crippen LogP contribution in [0.1, 0.15) is 36.3 Å². The first kappa shape index (κ1) is 12.8. The van der Waals surface area contributed by atoms with Crippen LogP contribution in [0, 0.1) is 5.92 Å². The third-order valence-corrected chi connectivity index (χ3v) is 3.91. The van der Waals surface area contributed by atoms with Crippen LogP contribution >= 0.6 is 11.6 Å². The number of carboxylic acid groups (broad SMARTS) is 1. The van der Waals surface area contributed by atoms with Crippen LogP contribution in [-0.2, 0) is 16.1 Å². The summed E-state index contributed by atoms with van der Waals surface area (Å²) in [5, 5.41) is 9.71. The first-order chi connectivity index (χ1) is 9.15. The van der Waals surface area contributed by atoms with Gasteiger partial charge in [0.05, 0.1) is 13.0 Å². The number of carbonyl (C=O) groups is 1. The van der Waals surface area contributed by atoms with Crippen LogP contribution in [0.15, 0.2) is 12.1 Å². The predicted molar refractivity (Wildman–Crippen MR) is 69.5 cm³/mol. The number of hydrogen-bond acceptors (Lipinski definition) is 3. The van der Waals surface area contributed by atoms with Gasteiger partial charge in [-0.15, -0.1) is 0 Å². The van der Waals surface area contributed by atoms with E-state index in [2.05, 4.69) is 0 Å². The van der Waals surface area contributed by atoms with E-state index in [9.17, 15) is 4.79 Å². The summed E-state index contributed by atoms with van der Waals surface area (Å²) in [6.07, 6.45) is 2.28. The number of benzene rings is 1. The minimum Gasteiger partial charge on any atom is -0.481 e. The van der Waals surface area contributed by atoms with Gasteiger partial charge in [0.15, 0.2) is 6.79 Å². The van der Waals surface area contributed by atoms with Crippen molar-refractivity contribution in [1.29, 1.82) is 0 Å². The molecule has 102 valence electrons. The lowest BCUT2D eigenvalue weighted by atomic mass is 9.89. The number of rotatable bonds is 4. The average Bonchev–Trinajstić information content (AvgIpc) is 3.19. The van der Waals surface area contributed by atoms with Crippen LogP contribution in [0.3, 0.4) is 0 Å². The van der Waals surface area contributed by atoms with Gasteiger partial charge in [-0.3, -0.25) is 4.79 Å². The fraction of sp³-hybridized carbons (Fsp3) is 0.500. The molecular formula is C14H15ClO4. The summed E-state index contributed by atoms with van der Waals surface area (Å²) in [7, 11) is 0. The summed E-state index contributed by atoms with van der Waals surface area (Å²) in [6.45, 7) is 0.680. The maximum Gasteiger partial charge on any atom is 0.303 e. The maximum absolute atomic E-state index is 11.1. The molecule has 4 nitrogen and oxygen atoms in total. The van der Waals surface area contributed by atoms with Crippen LogP contribution in [0.25, 0.3) is 0 Å². The summed E-state index contributed by atoms with van der Waals surface area (Å²) < 4.78 is 10.8. The second kappa shape index (κ2) is 5.02. The highest BCUT2D eigenvalue weighted by molar-refractivity contribution is 6.30. The largest absolute Gasteiger partial charge is 0.481 e. The van der Waals surface area contributed by atoms with Crippen molar-refractivity contribution in [1.82, 2.24) is 0 Å². The normalized spacial score (nSPS) is 19.4. The van der Waals surface area contributed by atoms with Crippen LogP contribution in [-0.4, -0.2) is 17.9 Å². The lowest BCUT2D eigenvalue weighted by Crippen LogP contribution is -2.16. The summed E-state index contributed by atoms with van der Waals surface area (Å²) in [5.74, 6) is 0.416. The van der Waals surface area contributed by atoms with E-state index in [0.29, 0.717) is 17.5 Å². The lowest BCUT2D eigenvalue weighted by molar-refractivity contribution is -0.137. The monoisotopic (exact) mass is 282 g/mol. The van der Waals surface area contributed by atoms with Gasteiger partial charge in [0.25, 0.3) is 0 Å². The maximum atomic E-state index is 11.1. The SMILES string of the molecule is O=C(O)CC(c1cc(Cl)cc2c1OCOC2)C1CC1. The molecule has 0 aromatic heterocycles. The third-order valence-electron chi connectivity index (χ3n) is 3.69. The van der Waals surface area contributed by atoms with Crippen molar-refractivity contribution in [3.05, 3.63) is 28.3 Å². The van der Waals surface area contributed by atoms with Gasteiger partial charge in [0.1, 0.15) is 5.75 Å². The number of ether oxygens (including phenoxy) is 2. The molecule has 2 aliphatic rings. The van der Waals surface area contributed by atoms with Crippen molar-refractivity contribution in [3.8, 4) is 5.75 Å². The van der Waals surface area contributed by atoms with E-state index in [1.807, 2.05) is 12.1 Å². The van der Waals surface area contributed by atoms with Gasteiger partial charge in [0.2, 0.25) is 0 Å². The van der Waals surface area contributed by atoms with Crippen LogP contribution in [0.4, 0.5) is 0 Å². The van der Waals surface area contributed by atoms with Crippen molar-refractivity contribution in [3.63, 3.8) is 0 Å². The third kappa shape index (κ3) is 2.69. The Hall–Kier alpha value is -1.26.